The lowest BCUT2D eigenvalue weighted by atomic mass is 9.94. The van der Waals surface area contributed by atoms with E-state index in [-0.39, 0.29) is 27.7 Å². The van der Waals surface area contributed by atoms with Crippen LogP contribution < -0.4 is 0 Å². The first-order valence-corrected chi connectivity index (χ1v) is 13.1. The van der Waals surface area contributed by atoms with Crippen LogP contribution in [0.25, 0.3) is 17.4 Å². The third-order valence-electron chi connectivity index (χ3n) is 6.16. The summed E-state index contributed by atoms with van der Waals surface area (Å²) in [7, 11) is 0. The zero-order valence-corrected chi connectivity index (χ0v) is 21.4. The number of amidine groups is 1. The van der Waals surface area contributed by atoms with Gasteiger partial charge in [0.1, 0.15) is 16.5 Å². The van der Waals surface area contributed by atoms with Crippen molar-refractivity contribution in [2.45, 2.75) is 38.1 Å². The van der Waals surface area contributed by atoms with E-state index in [0.717, 1.165) is 31.4 Å². The molecule has 36 heavy (non-hydrogen) atoms. The molecule has 1 aliphatic carbocycles. The fourth-order valence-electron chi connectivity index (χ4n) is 4.41. The van der Waals surface area contributed by atoms with Crippen molar-refractivity contribution >= 4 is 63.5 Å². The summed E-state index contributed by atoms with van der Waals surface area (Å²) in [5, 5.41) is 11.9. The van der Waals surface area contributed by atoms with E-state index in [2.05, 4.69) is 0 Å². The molecule has 10 heteroatoms. The Labute approximate surface area is 221 Å². The van der Waals surface area contributed by atoms with Crippen LogP contribution in [0.1, 0.15) is 37.9 Å². The van der Waals surface area contributed by atoms with E-state index in [9.17, 15) is 14.9 Å². The van der Waals surface area contributed by atoms with Gasteiger partial charge in [0.05, 0.1) is 20.5 Å². The summed E-state index contributed by atoms with van der Waals surface area (Å²) in [5.41, 5.74) is 0.942. The van der Waals surface area contributed by atoms with Crippen LogP contribution in [-0.2, 0) is 4.79 Å². The van der Waals surface area contributed by atoms with Gasteiger partial charge in [-0.1, -0.05) is 60.7 Å². The van der Waals surface area contributed by atoms with Gasteiger partial charge in [-0.3, -0.25) is 19.8 Å². The van der Waals surface area contributed by atoms with Crippen molar-refractivity contribution in [2.75, 3.05) is 0 Å². The highest BCUT2D eigenvalue weighted by Gasteiger charge is 2.38. The smallest absolute Gasteiger partial charge is 0.289 e. The summed E-state index contributed by atoms with van der Waals surface area (Å²) in [6.45, 7) is 0. The Morgan fingerprint density at radius 3 is 2.53 bits per heavy atom. The Morgan fingerprint density at radius 2 is 1.81 bits per heavy atom. The molecule has 2 aromatic carbocycles. The second-order valence-electron chi connectivity index (χ2n) is 8.55. The minimum Gasteiger partial charge on any atom is -0.457 e. The summed E-state index contributed by atoms with van der Waals surface area (Å²) in [6, 6.07) is 15.7. The lowest BCUT2D eigenvalue weighted by molar-refractivity contribution is -0.384. The number of furan rings is 1. The number of carbonyl (C=O) groups excluding carboxylic acids is 1. The Hall–Kier alpha value is -3.07. The van der Waals surface area contributed by atoms with Crippen LogP contribution in [0.5, 0.6) is 0 Å². The van der Waals surface area contributed by atoms with Gasteiger partial charge >= 0.3 is 0 Å². The standard InChI is InChI=1S/C26H21Cl2N3O4S/c27-20-15-22(31(33)34)21(28)14-19(20)23-12-11-18(35-23)13-24-25(32)30(17-9-5-2-6-10-17)26(36-24)29-16-7-3-1-4-8-16/h1,3-4,7-8,11-15,17H,2,5-6,9-10H2/b24-13+,29-26?. The summed E-state index contributed by atoms with van der Waals surface area (Å²) >= 11 is 13.7. The number of nitro groups is 1. The summed E-state index contributed by atoms with van der Waals surface area (Å²) < 4.78 is 5.94. The van der Waals surface area contributed by atoms with Crippen LogP contribution in [0, 0.1) is 10.1 Å². The van der Waals surface area contributed by atoms with Gasteiger partial charge in [-0.25, -0.2) is 4.99 Å². The van der Waals surface area contributed by atoms with Crippen molar-refractivity contribution in [2.24, 2.45) is 4.99 Å². The molecule has 0 radical (unpaired) electrons. The number of para-hydroxylation sites is 1. The number of amides is 1. The maximum Gasteiger partial charge on any atom is 0.289 e. The molecular weight excluding hydrogens is 521 g/mol. The molecule has 5 rings (SSSR count). The van der Waals surface area contributed by atoms with Gasteiger partial charge < -0.3 is 4.42 Å². The van der Waals surface area contributed by atoms with Crippen molar-refractivity contribution in [3.8, 4) is 11.3 Å². The molecule has 1 aliphatic heterocycles. The molecule has 0 bridgehead atoms. The predicted molar refractivity (Wildman–Crippen MR) is 144 cm³/mol. The van der Waals surface area contributed by atoms with Gasteiger partial charge in [0.2, 0.25) is 0 Å². The van der Waals surface area contributed by atoms with E-state index in [0.29, 0.717) is 27.2 Å². The minimum absolute atomic E-state index is 0.0397. The minimum atomic E-state index is -0.592. The van der Waals surface area contributed by atoms with E-state index in [1.807, 2.05) is 35.2 Å². The normalized spacial score (nSPS) is 18.9. The topological polar surface area (TPSA) is 88.9 Å². The first kappa shape index (κ1) is 24.6. The molecule has 0 atom stereocenters. The van der Waals surface area contributed by atoms with E-state index < -0.39 is 4.92 Å². The van der Waals surface area contributed by atoms with Crippen molar-refractivity contribution in [1.82, 2.24) is 4.90 Å². The third-order valence-corrected chi connectivity index (χ3v) is 7.75. The summed E-state index contributed by atoms with van der Waals surface area (Å²) in [4.78, 5) is 31.2. The molecule has 0 spiro atoms. The Balaban J connectivity index is 1.46. The van der Waals surface area contributed by atoms with Crippen LogP contribution in [0.2, 0.25) is 10.0 Å². The number of benzene rings is 2. The molecule has 184 valence electrons. The van der Waals surface area contributed by atoms with Gasteiger partial charge in [-0.15, -0.1) is 0 Å². The van der Waals surface area contributed by atoms with Gasteiger partial charge in [0.15, 0.2) is 5.17 Å². The number of aliphatic imine (C=N–C) groups is 1. The van der Waals surface area contributed by atoms with Gasteiger partial charge in [-0.05, 0) is 54.9 Å². The number of carbonyl (C=O) groups is 1. The predicted octanol–water partition coefficient (Wildman–Crippen LogP) is 8.10. The molecular formula is C26H21Cl2N3O4S. The molecule has 0 N–H and O–H groups in total. The molecule has 7 nitrogen and oxygen atoms in total. The zero-order chi connectivity index (χ0) is 25.2. The largest absolute Gasteiger partial charge is 0.457 e. The zero-order valence-electron chi connectivity index (χ0n) is 19.0. The number of hydrogen-bond donors (Lipinski definition) is 0. The summed E-state index contributed by atoms with van der Waals surface area (Å²) in [6.07, 6.45) is 6.98. The fourth-order valence-corrected chi connectivity index (χ4v) is 5.93. The molecule has 2 aliphatic rings. The number of hydrogen-bond acceptors (Lipinski definition) is 6. The summed E-state index contributed by atoms with van der Waals surface area (Å²) in [5.74, 6) is 0.758. The van der Waals surface area contributed by atoms with E-state index in [1.54, 1.807) is 18.2 Å². The Morgan fingerprint density at radius 1 is 1.06 bits per heavy atom. The molecule has 1 amide bonds. The van der Waals surface area contributed by atoms with Gasteiger partial charge in [0.25, 0.3) is 11.6 Å². The molecule has 2 heterocycles. The molecule has 1 saturated carbocycles. The van der Waals surface area contributed by atoms with Crippen molar-refractivity contribution in [1.29, 1.82) is 0 Å². The Kier molecular flexibility index (Phi) is 7.18. The van der Waals surface area contributed by atoms with Crippen molar-refractivity contribution < 1.29 is 14.1 Å². The van der Waals surface area contributed by atoms with Crippen LogP contribution in [-0.4, -0.2) is 26.9 Å². The van der Waals surface area contributed by atoms with Crippen LogP contribution in [0.3, 0.4) is 0 Å². The Bertz CT molecular complexity index is 1380. The van der Waals surface area contributed by atoms with Crippen LogP contribution in [0.4, 0.5) is 11.4 Å². The van der Waals surface area contributed by atoms with Crippen LogP contribution >= 0.6 is 35.0 Å². The van der Waals surface area contributed by atoms with Gasteiger partial charge in [-0.2, -0.15) is 0 Å². The number of thioether (sulfide) groups is 1. The monoisotopic (exact) mass is 541 g/mol. The number of halogens is 2. The first-order valence-electron chi connectivity index (χ1n) is 11.5. The average molecular weight is 542 g/mol. The molecule has 1 aromatic heterocycles. The van der Waals surface area contributed by atoms with E-state index in [4.69, 9.17) is 32.6 Å². The van der Waals surface area contributed by atoms with Crippen molar-refractivity contribution in [3.63, 3.8) is 0 Å². The highest BCUT2D eigenvalue weighted by Crippen LogP contribution is 2.40. The van der Waals surface area contributed by atoms with Gasteiger partial charge in [0, 0.05) is 23.7 Å². The van der Waals surface area contributed by atoms with E-state index in [1.165, 1.54) is 30.3 Å². The molecule has 3 aromatic rings. The SMILES string of the molecule is O=C1/C(=C\c2ccc(-c3cc(Cl)c([N+](=O)[O-])cc3Cl)o2)SC(=Nc2ccccc2)N1C1CCCCC1. The number of rotatable bonds is 5. The first-order chi connectivity index (χ1) is 17.4. The lowest BCUT2D eigenvalue weighted by Crippen LogP contribution is -2.40. The maximum absolute atomic E-state index is 13.5. The van der Waals surface area contributed by atoms with Crippen molar-refractivity contribution in [3.05, 3.63) is 85.4 Å². The highest BCUT2D eigenvalue weighted by molar-refractivity contribution is 8.18. The molecule has 1 saturated heterocycles. The fraction of sp³-hybridized carbons (Fsp3) is 0.231. The average Bonchev–Trinajstić information content (AvgIpc) is 3.45. The van der Waals surface area contributed by atoms with E-state index >= 15 is 0 Å². The lowest BCUT2D eigenvalue weighted by Gasteiger charge is -2.30. The quantitative estimate of drug-likeness (QED) is 0.185. The van der Waals surface area contributed by atoms with Crippen LogP contribution in [0.15, 0.2) is 68.9 Å². The number of nitrogens with zero attached hydrogens (tertiary/aromatic N) is 3. The second-order valence-corrected chi connectivity index (χ2v) is 10.4. The number of nitro benzene ring substituents is 1. The second kappa shape index (κ2) is 10.5. The third kappa shape index (κ3) is 5.07. The maximum atomic E-state index is 13.5. The molecule has 0 unspecified atom stereocenters. The molecule has 2 fully saturated rings. The highest BCUT2D eigenvalue weighted by atomic mass is 35.5.